The lowest BCUT2D eigenvalue weighted by Crippen LogP contribution is -2.30. The van der Waals surface area contributed by atoms with Crippen molar-refractivity contribution in [1.29, 1.82) is 0 Å². The summed E-state index contributed by atoms with van der Waals surface area (Å²) in [6, 6.07) is 5.04. The molecular formula is C13H22N2. The summed E-state index contributed by atoms with van der Waals surface area (Å²) < 4.78 is 0. The molecule has 1 rings (SSSR count). The lowest BCUT2D eigenvalue weighted by molar-refractivity contribution is 0.406. The average molecular weight is 206 g/mol. The summed E-state index contributed by atoms with van der Waals surface area (Å²) in [7, 11) is 0. The number of hydrogen-bond acceptors (Lipinski definition) is 2. The number of aromatic nitrogens is 1. The molecule has 0 aromatic carbocycles. The fourth-order valence-electron chi connectivity index (χ4n) is 1.93. The van der Waals surface area contributed by atoms with Crippen molar-refractivity contribution in [1.82, 2.24) is 10.3 Å². The van der Waals surface area contributed by atoms with Crippen molar-refractivity contribution in [3.63, 3.8) is 0 Å². The molecule has 15 heavy (non-hydrogen) atoms. The van der Waals surface area contributed by atoms with E-state index in [0.29, 0.717) is 12.1 Å². The van der Waals surface area contributed by atoms with Crippen molar-refractivity contribution < 1.29 is 0 Å². The average Bonchev–Trinajstić information content (AvgIpc) is 2.17. The number of hydrogen-bond donors (Lipinski definition) is 1. The van der Waals surface area contributed by atoms with Gasteiger partial charge >= 0.3 is 0 Å². The molecule has 0 aliphatic heterocycles. The standard InChI is InChI=1S/C13H22N2/c1-10(2)8-11(3)15-12(4)13-6-5-7-14-9-13/h5-7,9-12,15H,8H2,1-4H3/t11-,12-/m1/s1. The minimum Gasteiger partial charge on any atom is -0.308 e. The quantitative estimate of drug-likeness (QED) is 0.800. The lowest BCUT2D eigenvalue weighted by atomic mass is 10.0. The van der Waals surface area contributed by atoms with E-state index in [-0.39, 0.29) is 0 Å². The summed E-state index contributed by atoms with van der Waals surface area (Å²) >= 11 is 0. The highest BCUT2D eigenvalue weighted by atomic mass is 14.9. The maximum atomic E-state index is 4.13. The number of nitrogens with one attached hydrogen (secondary N) is 1. The van der Waals surface area contributed by atoms with Crippen molar-refractivity contribution in [3.05, 3.63) is 30.1 Å². The van der Waals surface area contributed by atoms with Crippen LogP contribution in [0.5, 0.6) is 0 Å². The molecule has 0 bridgehead atoms. The van der Waals surface area contributed by atoms with Crippen molar-refractivity contribution in [2.45, 2.75) is 46.2 Å². The zero-order chi connectivity index (χ0) is 11.3. The molecule has 0 aliphatic rings. The molecule has 2 heteroatoms. The highest BCUT2D eigenvalue weighted by molar-refractivity contribution is 5.12. The van der Waals surface area contributed by atoms with Crippen LogP contribution in [0.2, 0.25) is 0 Å². The lowest BCUT2D eigenvalue weighted by Gasteiger charge is -2.21. The first kappa shape index (κ1) is 12.2. The monoisotopic (exact) mass is 206 g/mol. The molecule has 0 saturated carbocycles. The van der Waals surface area contributed by atoms with Crippen LogP contribution in [0, 0.1) is 5.92 Å². The Bertz CT molecular complexity index is 269. The van der Waals surface area contributed by atoms with Crippen LogP contribution >= 0.6 is 0 Å². The molecule has 2 nitrogen and oxygen atoms in total. The summed E-state index contributed by atoms with van der Waals surface area (Å²) in [5.41, 5.74) is 1.26. The minimum absolute atomic E-state index is 0.382. The van der Waals surface area contributed by atoms with E-state index in [2.05, 4.69) is 44.1 Å². The summed E-state index contributed by atoms with van der Waals surface area (Å²) in [6.07, 6.45) is 4.96. The Morgan fingerprint density at radius 2 is 2.00 bits per heavy atom. The Balaban J connectivity index is 2.45. The van der Waals surface area contributed by atoms with E-state index in [4.69, 9.17) is 0 Å². The second kappa shape index (κ2) is 5.86. The summed E-state index contributed by atoms with van der Waals surface area (Å²) in [6.45, 7) is 8.94. The number of pyridine rings is 1. The van der Waals surface area contributed by atoms with Crippen molar-refractivity contribution in [2.24, 2.45) is 5.92 Å². The van der Waals surface area contributed by atoms with Gasteiger partial charge in [0, 0.05) is 24.5 Å². The van der Waals surface area contributed by atoms with Crippen LogP contribution in [0.15, 0.2) is 24.5 Å². The summed E-state index contributed by atoms with van der Waals surface area (Å²) in [5, 5.41) is 3.59. The van der Waals surface area contributed by atoms with E-state index in [0.717, 1.165) is 5.92 Å². The fourth-order valence-corrected chi connectivity index (χ4v) is 1.93. The highest BCUT2D eigenvalue weighted by Crippen LogP contribution is 2.13. The van der Waals surface area contributed by atoms with Crippen molar-refractivity contribution in [3.8, 4) is 0 Å². The van der Waals surface area contributed by atoms with E-state index >= 15 is 0 Å². The summed E-state index contributed by atoms with van der Waals surface area (Å²) in [4.78, 5) is 4.13. The Morgan fingerprint density at radius 1 is 1.27 bits per heavy atom. The Morgan fingerprint density at radius 3 is 2.53 bits per heavy atom. The smallest absolute Gasteiger partial charge is 0.0315 e. The predicted octanol–water partition coefficient (Wildman–Crippen LogP) is 3.17. The second-order valence-electron chi connectivity index (χ2n) is 4.71. The van der Waals surface area contributed by atoms with Gasteiger partial charge in [-0.1, -0.05) is 19.9 Å². The Labute approximate surface area is 93.1 Å². The molecule has 0 amide bonds. The van der Waals surface area contributed by atoms with Crippen LogP contribution in [-0.4, -0.2) is 11.0 Å². The zero-order valence-corrected chi connectivity index (χ0v) is 10.2. The van der Waals surface area contributed by atoms with Gasteiger partial charge in [0.2, 0.25) is 0 Å². The first-order valence-corrected chi connectivity index (χ1v) is 5.75. The molecule has 1 heterocycles. The van der Waals surface area contributed by atoms with Gasteiger partial charge in [0.05, 0.1) is 0 Å². The van der Waals surface area contributed by atoms with Gasteiger partial charge < -0.3 is 5.32 Å². The van der Waals surface area contributed by atoms with Gasteiger partial charge in [-0.3, -0.25) is 4.98 Å². The third-order valence-corrected chi connectivity index (χ3v) is 2.54. The van der Waals surface area contributed by atoms with Gasteiger partial charge in [-0.15, -0.1) is 0 Å². The molecular weight excluding hydrogens is 184 g/mol. The molecule has 1 aromatic rings. The predicted molar refractivity (Wildman–Crippen MR) is 64.7 cm³/mol. The molecule has 0 unspecified atom stereocenters. The minimum atomic E-state index is 0.382. The SMILES string of the molecule is CC(C)C[C@@H](C)N[C@H](C)c1cccnc1. The molecule has 1 aromatic heterocycles. The van der Waals surface area contributed by atoms with Crippen molar-refractivity contribution >= 4 is 0 Å². The highest BCUT2D eigenvalue weighted by Gasteiger charge is 2.10. The normalized spacial score (nSPS) is 15.3. The Hall–Kier alpha value is -0.890. The van der Waals surface area contributed by atoms with Crippen LogP contribution in [-0.2, 0) is 0 Å². The van der Waals surface area contributed by atoms with Gasteiger partial charge in [-0.05, 0) is 37.8 Å². The van der Waals surface area contributed by atoms with Crippen LogP contribution in [0.4, 0.5) is 0 Å². The fraction of sp³-hybridized carbons (Fsp3) is 0.615. The maximum absolute atomic E-state index is 4.13. The third-order valence-electron chi connectivity index (χ3n) is 2.54. The largest absolute Gasteiger partial charge is 0.308 e. The molecule has 0 aliphatic carbocycles. The number of nitrogens with zero attached hydrogens (tertiary/aromatic N) is 1. The second-order valence-corrected chi connectivity index (χ2v) is 4.71. The topological polar surface area (TPSA) is 24.9 Å². The van der Waals surface area contributed by atoms with Gasteiger partial charge in [0.15, 0.2) is 0 Å². The third kappa shape index (κ3) is 4.43. The summed E-state index contributed by atoms with van der Waals surface area (Å²) in [5.74, 6) is 0.744. The Kier molecular flexibility index (Phi) is 4.76. The van der Waals surface area contributed by atoms with Crippen LogP contribution in [0.3, 0.4) is 0 Å². The van der Waals surface area contributed by atoms with Gasteiger partial charge in [-0.2, -0.15) is 0 Å². The van der Waals surface area contributed by atoms with E-state index in [1.54, 1.807) is 0 Å². The molecule has 0 radical (unpaired) electrons. The van der Waals surface area contributed by atoms with Gasteiger partial charge in [-0.25, -0.2) is 0 Å². The number of rotatable bonds is 5. The van der Waals surface area contributed by atoms with E-state index in [9.17, 15) is 0 Å². The first-order chi connectivity index (χ1) is 7.09. The van der Waals surface area contributed by atoms with E-state index in [1.807, 2.05) is 18.5 Å². The molecule has 0 saturated heterocycles. The van der Waals surface area contributed by atoms with E-state index < -0.39 is 0 Å². The molecule has 84 valence electrons. The van der Waals surface area contributed by atoms with E-state index in [1.165, 1.54) is 12.0 Å². The molecule has 2 atom stereocenters. The molecule has 0 spiro atoms. The van der Waals surface area contributed by atoms with Crippen molar-refractivity contribution in [2.75, 3.05) is 0 Å². The van der Waals surface area contributed by atoms with Crippen LogP contribution < -0.4 is 5.32 Å². The van der Waals surface area contributed by atoms with Crippen LogP contribution in [0.1, 0.15) is 45.7 Å². The molecule has 0 fully saturated rings. The van der Waals surface area contributed by atoms with Gasteiger partial charge in [0.1, 0.15) is 0 Å². The maximum Gasteiger partial charge on any atom is 0.0315 e. The molecule has 1 N–H and O–H groups in total. The first-order valence-electron chi connectivity index (χ1n) is 5.75. The van der Waals surface area contributed by atoms with Gasteiger partial charge in [0.25, 0.3) is 0 Å². The zero-order valence-electron chi connectivity index (χ0n) is 10.2. The van der Waals surface area contributed by atoms with Crippen LogP contribution in [0.25, 0.3) is 0 Å².